The number of nitrogens with zero attached hydrogens (tertiary/aromatic N) is 1. The van der Waals surface area contributed by atoms with Crippen molar-refractivity contribution < 1.29 is 22.7 Å². The Balaban J connectivity index is 2.39. The number of likely N-dealkylation sites (N-methyl/N-ethyl adjacent to an activating group) is 1. The number of hydrogen-bond donors (Lipinski definition) is 0. The summed E-state index contributed by atoms with van der Waals surface area (Å²) in [5.41, 5.74) is -0.257. The number of thiophene rings is 1. The highest BCUT2D eigenvalue weighted by Gasteiger charge is 2.58. The van der Waals surface area contributed by atoms with Crippen molar-refractivity contribution in [2.75, 3.05) is 21.3 Å². The van der Waals surface area contributed by atoms with Gasteiger partial charge in [-0.2, -0.15) is 4.31 Å². The molecule has 0 bridgehead atoms. The first-order valence-corrected chi connectivity index (χ1v) is 9.12. The van der Waals surface area contributed by atoms with E-state index in [-0.39, 0.29) is 10.3 Å². The average Bonchev–Trinajstić information content (AvgIpc) is 2.78. The van der Waals surface area contributed by atoms with Crippen LogP contribution in [-0.4, -0.2) is 51.6 Å². The molecule has 0 saturated heterocycles. The molecule has 2 rings (SSSR count). The van der Waals surface area contributed by atoms with E-state index < -0.39 is 21.5 Å². The smallest absolute Gasteiger partial charge is 0.327 e. The highest BCUT2D eigenvalue weighted by Crippen LogP contribution is 2.43. The summed E-state index contributed by atoms with van der Waals surface area (Å²) in [4.78, 5) is 13.1. The van der Waals surface area contributed by atoms with E-state index in [1.165, 1.54) is 25.5 Å². The van der Waals surface area contributed by atoms with E-state index in [1.807, 2.05) is 13.8 Å². The molecule has 1 aromatic rings. The Bertz CT molecular complexity index is 654. The van der Waals surface area contributed by atoms with Crippen LogP contribution in [0.15, 0.2) is 10.3 Å². The molecule has 124 valence electrons. The van der Waals surface area contributed by atoms with Crippen LogP contribution in [0, 0.1) is 13.8 Å². The fourth-order valence-electron chi connectivity index (χ4n) is 2.63. The van der Waals surface area contributed by atoms with Crippen molar-refractivity contribution in [3.8, 4) is 0 Å². The topological polar surface area (TPSA) is 72.9 Å². The van der Waals surface area contributed by atoms with Gasteiger partial charge < -0.3 is 9.47 Å². The summed E-state index contributed by atoms with van der Waals surface area (Å²) in [5, 5.41) is 0. The number of sulfonamides is 1. The van der Waals surface area contributed by atoms with Gasteiger partial charge in [0.1, 0.15) is 9.75 Å². The molecule has 0 amide bonds. The number of methoxy groups -OCH3 is 2. The second-order valence-corrected chi connectivity index (χ2v) is 9.02. The van der Waals surface area contributed by atoms with Gasteiger partial charge in [0.25, 0.3) is 10.0 Å². The SMILES string of the molecule is COC(=O)C1(N(C)S(=O)(=O)c2cc(C)c(C)s2)CC(OC)C1. The normalized spacial score (nSPS) is 25.1. The Morgan fingerprint density at radius 3 is 2.36 bits per heavy atom. The Labute approximate surface area is 135 Å². The summed E-state index contributed by atoms with van der Waals surface area (Å²) < 4.78 is 37.1. The number of aryl methyl sites for hydroxylation is 2. The third-order valence-corrected chi connectivity index (χ3v) is 7.92. The van der Waals surface area contributed by atoms with Crippen LogP contribution in [0.25, 0.3) is 0 Å². The number of carbonyl (C=O) groups excluding carboxylic acids is 1. The van der Waals surface area contributed by atoms with Crippen LogP contribution in [0.5, 0.6) is 0 Å². The molecule has 1 aliphatic carbocycles. The van der Waals surface area contributed by atoms with Gasteiger partial charge in [-0.3, -0.25) is 4.79 Å². The van der Waals surface area contributed by atoms with Crippen LogP contribution < -0.4 is 0 Å². The summed E-state index contributed by atoms with van der Waals surface area (Å²) in [5.74, 6) is -0.545. The zero-order chi connectivity index (χ0) is 16.7. The average molecular weight is 347 g/mol. The van der Waals surface area contributed by atoms with E-state index in [0.717, 1.165) is 14.7 Å². The predicted molar refractivity (Wildman–Crippen MR) is 83.5 cm³/mol. The van der Waals surface area contributed by atoms with Gasteiger partial charge in [0.15, 0.2) is 0 Å². The molecule has 1 aromatic heterocycles. The molecule has 6 nitrogen and oxygen atoms in total. The summed E-state index contributed by atoms with van der Waals surface area (Å²) >= 11 is 1.21. The van der Waals surface area contributed by atoms with Crippen molar-refractivity contribution >= 4 is 27.3 Å². The second-order valence-electron chi connectivity index (χ2n) is 5.57. The maximum atomic E-state index is 12.8. The van der Waals surface area contributed by atoms with E-state index in [9.17, 15) is 13.2 Å². The van der Waals surface area contributed by atoms with Crippen molar-refractivity contribution in [3.05, 3.63) is 16.5 Å². The van der Waals surface area contributed by atoms with Crippen LogP contribution in [0.1, 0.15) is 23.3 Å². The number of hydrogen-bond acceptors (Lipinski definition) is 6. The van der Waals surface area contributed by atoms with E-state index >= 15 is 0 Å². The van der Waals surface area contributed by atoms with Crippen LogP contribution >= 0.6 is 11.3 Å². The van der Waals surface area contributed by atoms with Gasteiger partial charge in [-0.15, -0.1) is 11.3 Å². The van der Waals surface area contributed by atoms with E-state index in [0.29, 0.717) is 12.8 Å². The summed E-state index contributed by atoms with van der Waals surface area (Å²) in [6.45, 7) is 3.74. The Kier molecular flexibility index (Phi) is 4.68. The molecule has 1 aliphatic rings. The molecule has 22 heavy (non-hydrogen) atoms. The zero-order valence-corrected chi connectivity index (χ0v) is 15.0. The van der Waals surface area contributed by atoms with Crippen molar-refractivity contribution in [3.63, 3.8) is 0 Å². The molecule has 0 aliphatic heterocycles. The minimum atomic E-state index is -3.75. The third-order valence-electron chi connectivity index (χ3n) is 4.39. The lowest BCUT2D eigenvalue weighted by atomic mass is 9.74. The predicted octanol–water partition coefficient (Wildman–Crippen LogP) is 1.71. The lowest BCUT2D eigenvalue weighted by Gasteiger charge is -2.48. The summed E-state index contributed by atoms with van der Waals surface area (Å²) in [7, 11) is 0.499. The van der Waals surface area contributed by atoms with Crippen LogP contribution in [0.3, 0.4) is 0 Å². The molecule has 0 radical (unpaired) electrons. The lowest BCUT2D eigenvalue weighted by molar-refractivity contribution is -0.166. The molecule has 1 heterocycles. The van der Waals surface area contributed by atoms with E-state index in [2.05, 4.69) is 0 Å². The second kappa shape index (κ2) is 5.92. The molecular weight excluding hydrogens is 326 g/mol. The van der Waals surface area contributed by atoms with E-state index in [1.54, 1.807) is 13.2 Å². The number of carbonyl (C=O) groups is 1. The maximum absolute atomic E-state index is 12.8. The fraction of sp³-hybridized carbons (Fsp3) is 0.643. The number of ether oxygens (including phenoxy) is 2. The molecule has 1 saturated carbocycles. The minimum absolute atomic E-state index is 0.136. The molecule has 0 spiro atoms. The van der Waals surface area contributed by atoms with E-state index in [4.69, 9.17) is 9.47 Å². The van der Waals surface area contributed by atoms with Gasteiger partial charge in [-0.25, -0.2) is 8.42 Å². The van der Waals surface area contributed by atoms with Gasteiger partial charge >= 0.3 is 5.97 Å². The minimum Gasteiger partial charge on any atom is -0.468 e. The van der Waals surface area contributed by atoms with Crippen molar-refractivity contribution in [1.29, 1.82) is 0 Å². The molecule has 0 atom stereocenters. The monoisotopic (exact) mass is 347 g/mol. The van der Waals surface area contributed by atoms with Crippen molar-refractivity contribution in [1.82, 2.24) is 4.31 Å². The summed E-state index contributed by atoms with van der Waals surface area (Å²) in [6, 6.07) is 1.64. The highest BCUT2D eigenvalue weighted by molar-refractivity contribution is 7.91. The lowest BCUT2D eigenvalue weighted by Crippen LogP contribution is -2.65. The van der Waals surface area contributed by atoms with Gasteiger partial charge in [0, 0.05) is 31.9 Å². The molecule has 0 N–H and O–H groups in total. The molecule has 1 fully saturated rings. The Morgan fingerprint density at radius 2 is 1.95 bits per heavy atom. The fourth-order valence-corrected chi connectivity index (χ4v) is 5.80. The summed E-state index contributed by atoms with van der Waals surface area (Å²) in [6.07, 6.45) is 0.466. The van der Waals surface area contributed by atoms with Gasteiger partial charge in [0.2, 0.25) is 0 Å². The quantitative estimate of drug-likeness (QED) is 0.758. The van der Waals surface area contributed by atoms with Crippen LogP contribution in [0.4, 0.5) is 0 Å². The highest BCUT2D eigenvalue weighted by atomic mass is 32.2. The number of esters is 1. The first-order chi connectivity index (χ1) is 10.2. The van der Waals surface area contributed by atoms with Gasteiger partial charge in [0.05, 0.1) is 13.2 Å². The Morgan fingerprint density at radius 1 is 1.36 bits per heavy atom. The van der Waals surface area contributed by atoms with Gasteiger partial charge in [-0.1, -0.05) is 0 Å². The van der Waals surface area contributed by atoms with Gasteiger partial charge in [-0.05, 0) is 25.5 Å². The molecular formula is C14H21NO5S2. The molecule has 0 unspecified atom stereocenters. The molecule has 8 heteroatoms. The maximum Gasteiger partial charge on any atom is 0.327 e. The first kappa shape index (κ1) is 17.4. The first-order valence-electron chi connectivity index (χ1n) is 6.86. The standard InChI is InChI=1S/C14H21NO5S2/c1-9-6-12(21-10(9)2)22(17,18)15(3)14(13(16)20-5)7-11(8-14)19-4/h6,11H,7-8H2,1-5H3. The van der Waals surface area contributed by atoms with Crippen molar-refractivity contribution in [2.24, 2.45) is 0 Å². The Hall–Kier alpha value is -0.960. The molecule has 0 aromatic carbocycles. The van der Waals surface area contributed by atoms with Crippen molar-refractivity contribution in [2.45, 2.75) is 42.5 Å². The number of rotatable bonds is 5. The van der Waals surface area contributed by atoms with Crippen LogP contribution in [-0.2, 0) is 24.3 Å². The largest absolute Gasteiger partial charge is 0.468 e. The van der Waals surface area contributed by atoms with Crippen LogP contribution in [0.2, 0.25) is 0 Å². The zero-order valence-electron chi connectivity index (χ0n) is 13.4. The third kappa shape index (κ3) is 2.58.